The number of ketones is 2. The zero-order valence-corrected chi connectivity index (χ0v) is 94.2. The molecule has 0 aromatic heterocycles. The number of alkyl halides is 2. The van der Waals surface area contributed by atoms with Crippen molar-refractivity contribution in [2.45, 2.75) is 271 Å². The quantitative estimate of drug-likeness (QED) is 0.0545. The molecule has 24 nitrogen and oxygen atoms in total. The highest BCUT2D eigenvalue weighted by Gasteiger charge is 2.40. The third-order valence-corrected chi connectivity index (χ3v) is 30.7. The molecule has 0 bridgehead atoms. The summed E-state index contributed by atoms with van der Waals surface area (Å²) in [5.41, 5.74) is 8.36. The fraction of sp³-hybridized carbons (Fsp3) is 0.647. The van der Waals surface area contributed by atoms with Crippen LogP contribution in [-0.2, 0) is 42.0 Å². The second-order valence-electron chi connectivity index (χ2n) is 47.8. The van der Waals surface area contributed by atoms with E-state index in [4.69, 9.17) is 37.9 Å². The summed E-state index contributed by atoms with van der Waals surface area (Å²) in [6.45, 7) is 58.5. The molecule has 0 atom stereocenters. The molecule has 0 radical (unpaired) electrons. The van der Waals surface area contributed by atoms with Crippen molar-refractivity contribution in [2.75, 3.05) is 221 Å². The highest BCUT2D eigenvalue weighted by molar-refractivity contribution is 5.99. The summed E-state index contributed by atoms with van der Waals surface area (Å²) in [7, 11) is 16.2. The van der Waals surface area contributed by atoms with Gasteiger partial charge in [-0.05, 0) is 245 Å². The first kappa shape index (κ1) is 120. The molecule has 0 unspecified atom stereocenters. The van der Waals surface area contributed by atoms with Crippen LogP contribution in [0.5, 0.6) is 34.5 Å². The fourth-order valence-corrected chi connectivity index (χ4v) is 21.2. The first-order valence-electron chi connectivity index (χ1n) is 53.7. The van der Waals surface area contributed by atoms with Crippen LogP contribution in [-0.4, -0.2) is 329 Å². The lowest BCUT2D eigenvalue weighted by molar-refractivity contribution is -0.0494. The van der Waals surface area contributed by atoms with Crippen LogP contribution >= 0.6 is 0 Å². The van der Waals surface area contributed by atoms with Crippen LogP contribution in [0.4, 0.5) is 17.6 Å². The Balaban J connectivity index is 0.000000181. The largest absolute Gasteiger partial charge is 0.496 e. The van der Waals surface area contributed by atoms with Gasteiger partial charge in [0.1, 0.15) is 46.1 Å². The van der Waals surface area contributed by atoms with Crippen molar-refractivity contribution in [1.82, 2.24) is 49.0 Å². The molecular weight excluding hydrogens is 1870 g/mol. The van der Waals surface area contributed by atoms with Crippen molar-refractivity contribution in [3.63, 3.8) is 0 Å². The first-order chi connectivity index (χ1) is 69.2. The van der Waals surface area contributed by atoms with Crippen molar-refractivity contribution in [3.8, 4) is 34.5 Å². The Morgan fingerprint density at radius 3 is 0.850 bits per heavy atom. The number of piperazine rings is 1. The maximum absolute atomic E-state index is 14.7. The summed E-state index contributed by atoms with van der Waals surface area (Å²) in [5.74, 6) is 1.47. The van der Waals surface area contributed by atoms with Crippen molar-refractivity contribution in [2.24, 2.45) is 11.8 Å². The monoisotopic (exact) mass is 2050 g/mol. The number of amides is 4. The molecule has 0 saturated carbocycles. The highest BCUT2D eigenvalue weighted by Crippen LogP contribution is 2.42. The molecule has 0 N–H and O–H groups in total. The molecule has 28 heteroatoms. The number of methoxy groups -OCH3 is 6. The van der Waals surface area contributed by atoms with E-state index in [-0.39, 0.29) is 105 Å². The lowest BCUT2D eigenvalue weighted by Gasteiger charge is -2.42. The normalized spacial score (nSPS) is 19.1. The molecule has 816 valence electrons. The standard InChI is InChI=1S/C22H35N3O2.C21H31FN2O3.C21H32N2O3.C19H28FNO2.C19H29NO2.C17H23F2NO2/c1-22(2,3)19-7-6-17(16-20(19)27-5)21(26)25-10-8-18(9-11-25)24-14-12-23(4)13-15-24;1-21(2,3)17-14-18(22)16(13-19(17)26-4)20(25)24-7-5-15(6-8-24)23-9-11-27-12-10-23;1-21(2,3)18-6-5-16(15-19(18)25-4)20(24)23-9-7-17(8-10-23)22-11-13-26-14-12-22;1-19(2,3)15-12-16(20)14(11-18(15)23-5)17(22)10-13-6-8-21(4)9-7-13;1-19(2,3)16-7-6-15(13-18(16)22-5)17(21)12-14-8-10-20(4)11-9-14;1-16(2,3)13-6-5-12(11-14(13)22-4)15(21)20-9-7-17(18,19)8-10-20/h6-7,16,18H,8-15H2,1-5H3;13-15H,5-12H2,1-4H3;5-6,15,17H,7-14H2,1-4H3;11-13H,6-10H2,1-5H3;6-7,13-14H,8-12H2,1-5H3;5-6,11H,7-10H2,1-4H3. The van der Waals surface area contributed by atoms with Crippen molar-refractivity contribution in [1.29, 1.82) is 0 Å². The summed E-state index contributed by atoms with van der Waals surface area (Å²) in [6.07, 6.45) is 10.9. The lowest BCUT2D eigenvalue weighted by atomic mass is 9.84. The molecule has 0 aliphatic carbocycles. The lowest BCUT2D eigenvalue weighted by Crippen LogP contribution is -2.52. The number of morpholine rings is 2. The van der Waals surface area contributed by atoms with Crippen LogP contribution < -0.4 is 28.4 Å². The zero-order valence-electron chi connectivity index (χ0n) is 94.2. The molecular formula is C119H178F4N10O14. The van der Waals surface area contributed by atoms with Crippen molar-refractivity contribution < 1.29 is 84.2 Å². The minimum Gasteiger partial charge on any atom is -0.496 e. The van der Waals surface area contributed by atoms with E-state index < -0.39 is 17.6 Å². The van der Waals surface area contributed by atoms with Crippen LogP contribution in [0.15, 0.2) is 97.1 Å². The number of carbonyl (C=O) groups is 6. The van der Waals surface area contributed by atoms with E-state index in [0.29, 0.717) is 78.7 Å². The first-order valence-corrected chi connectivity index (χ1v) is 53.7. The van der Waals surface area contributed by atoms with Crippen LogP contribution in [0.3, 0.4) is 0 Å². The number of Topliss-reactive ketones (excluding diaryl/α,β-unsaturated/α-hetero) is 2. The molecule has 15 rings (SSSR count). The second kappa shape index (κ2) is 53.1. The Morgan fingerprint density at radius 1 is 0.293 bits per heavy atom. The predicted octanol–water partition coefficient (Wildman–Crippen LogP) is 20.7. The second-order valence-corrected chi connectivity index (χ2v) is 47.8. The maximum Gasteiger partial charge on any atom is 0.256 e. The van der Waals surface area contributed by atoms with E-state index in [2.05, 4.69) is 134 Å². The Morgan fingerprint density at radius 2 is 0.544 bits per heavy atom. The van der Waals surface area contributed by atoms with Gasteiger partial charge in [0.25, 0.3) is 29.6 Å². The number of hydrogen-bond acceptors (Lipinski definition) is 20. The van der Waals surface area contributed by atoms with E-state index >= 15 is 0 Å². The summed E-state index contributed by atoms with van der Waals surface area (Å²) in [6, 6.07) is 30.8. The molecule has 9 saturated heterocycles. The molecule has 4 amide bonds. The summed E-state index contributed by atoms with van der Waals surface area (Å²) in [4.78, 5) is 98.3. The average Bonchev–Trinajstić information content (AvgIpc) is 0.806. The molecule has 147 heavy (non-hydrogen) atoms. The van der Waals surface area contributed by atoms with Gasteiger partial charge in [0.2, 0.25) is 0 Å². The number of rotatable bonds is 19. The Bertz CT molecular complexity index is 5270. The fourth-order valence-electron chi connectivity index (χ4n) is 21.2. The summed E-state index contributed by atoms with van der Waals surface area (Å²) >= 11 is 0. The molecule has 9 aliphatic rings. The third-order valence-electron chi connectivity index (χ3n) is 30.7. The van der Waals surface area contributed by atoms with Crippen molar-refractivity contribution >= 4 is 35.2 Å². The average molecular weight is 2050 g/mol. The van der Waals surface area contributed by atoms with Gasteiger partial charge in [-0.15, -0.1) is 0 Å². The van der Waals surface area contributed by atoms with E-state index in [1.54, 1.807) is 71.8 Å². The molecule has 9 fully saturated rings. The van der Waals surface area contributed by atoms with Crippen LogP contribution in [0, 0.1) is 23.5 Å². The SMILES string of the molecule is COc1cc(C(=O)CC2CCN(C)CC2)c(F)cc1C(C)(C)C.COc1cc(C(=O)CC2CCN(C)CC2)ccc1C(C)(C)C.COc1cc(C(=O)N2CCC(F)(F)CC2)ccc1C(C)(C)C.COc1cc(C(=O)N2CCC(N3CCN(C)CC3)CC2)ccc1C(C)(C)C.COc1cc(C(=O)N2CCC(N3CCOCC3)CC2)c(F)cc1C(C)(C)C.COc1cc(C(=O)N2CCC(N3CCOCC3)CC2)ccc1C(C)(C)C. The number of carbonyl (C=O) groups excluding carboxylic acids is 6. The number of ether oxygens (including phenoxy) is 8. The summed E-state index contributed by atoms with van der Waals surface area (Å²) in [5, 5.41) is 0. The van der Waals surface area contributed by atoms with Gasteiger partial charge in [-0.25, -0.2) is 17.6 Å². The maximum atomic E-state index is 14.7. The van der Waals surface area contributed by atoms with Crippen molar-refractivity contribution in [3.05, 3.63) is 175 Å². The van der Waals surface area contributed by atoms with E-state index in [9.17, 15) is 46.3 Å². The number of likely N-dealkylation sites (tertiary alicyclic amines) is 6. The van der Waals surface area contributed by atoms with Gasteiger partial charge in [-0.1, -0.05) is 155 Å². The van der Waals surface area contributed by atoms with Gasteiger partial charge in [0.15, 0.2) is 11.6 Å². The van der Waals surface area contributed by atoms with Crippen LogP contribution in [0.1, 0.15) is 310 Å². The van der Waals surface area contributed by atoms with E-state index in [1.165, 1.54) is 17.0 Å². The van der Waals surface area contributed by atoms with E-state index in [1.807, 2.05) is 112 Å². The van der Waals surface area contributed by atoms with Gasteiger partial charge >= 0.3 is 0 Å². The third kappa shape index (κ3) is 33.9. The number of nitrogens with zero attached hydrogens (tertiary/aromatic N) is 10. The Labute approximate surface area is 877 Å². The van der Waals surface area contributed by atoms with Gasteiger partial charge in [-0.2, -0.15) is 0 Å². The minimum atomic E-state index is -2.65. The van der Waals surface area contributed by atoms with Gasteiger partial charge in [-0.3, -0.25) is 43.5 Å². The van der Waals surface area contributed by atoms with Gasteiger partial charge in [0.05, 0.1) is 80.2 Å². The Hall–Kier alpha value is -9.26. The Kier molecular flexibility index (Phi) is 43.2. The number of piperidine rings is 6. The number of benzene rings is 6. The van der Waals surface area contributed by atoms with Gasteiger partial charge in [0, 0.05) is 182 Å². The van der Waals surface area contributed by atoms with E-state index in [0.717, 1.165) is 263 Å². The number of halogens is 4. The number of likely N-dealkylation sites (N-methyl/N-ethyl adjacent to an activating group) is 1. The molecule has 9 aliphatic heterocycles. The number of hydrogen-bond donors (Lipinski definition) is 0. The van der Waals surface area contributed by atoms with Crippen LogP contribution in [0.2, 0.25) is 0 Å². The highest BCUT2D eigenvalue weighted by atomic mass is 19.3. The zero-order chi connectivity index (χ0) is 108. The van der Waals surface area contributed by atoms with Crippen LogP contribution in [0.25, 0.3) is 0 Å². The molecule has 9 heterocycles. The predicted molar refractivity (Wildman–Crippen MR) is 579 cm³/mol. The minimum absolute atomic E-state index is 0.00617. The topological polar surface area (TPSA) is 209 Å². The smallest absolute Gasteiger partial charge is 0.256 e. The summed E-state index contributed by atoms with van der Waals surface area (Å²) < 4.78 is 99.3. The van der Waals surface area contributed by atoms with Gasteiger partial charge < -0.3 is 72.2 Å². The molecule has 0 spiro atoms. The molecule has 6 aromatic rings. The molecule has 6 aromatic carbocycles.